The normalized spacial score (nSPS) is 18.7. The number of hydrogen-bond acceptors (Lipinski definition) is 4. The molecule has 1 saturated heterocycles. The third kappa shape index (κ3) is 2.54. The highest BCUT2D eigenvalue weighted by Gasteiger charge is 2.23. The van der Waals surface area contributed by atoms with Crippen molar-refractivity contribution in [2.24, 2.45) is 5.92 Å². The van der Waals surface area contributed by atoms with Crippen LogP contribution in [0.2, 0.25) is 0 Å². The molecule has 0 bridgehead atoms. The van der Waals surface area contributed by atoms with Crippen LogP contribution in [0.3, 0.4) is 0 Å². The Morgan fingerprint density at radius 2 is 2.00 bits per heavy atom. The molecule has 1 N–H and O–H groups in total. The molecule has 0 amide bonds. The summed E-state index contributed by atoms with van der Waals surface area (Å²) in [6.45, 7) is 3.73. The lowest BCUT2D eigenvalue weighted by atomic mass is 9.92. The summed E-state index contributed by atoms with van der Waals surface area (Å²) in [6, 6.07) is 8.04. The van der Waals surface area contributed by atoms with E-state index in [-0.39, 0.29) is 6.10 Å². The first kappa shape index (κ1) is 12.4. The summed E-state index contributed by atoms with van der Waals surface area (Å²) in [5.41, 5.74) is 0.991. The maximum atomic E-state index is 9.63. The lowest BCUT2D eigenvalue weighted by molar-refractivity contribution is 0.109. The Hall–Kier alpha value is -1.68. The molecule has 1 aliphatic heterocycles. The molecule has 2 aromatic rings. The van der Waals surface area contributed by atoms with Gasteiger partial charge >= 0.3 is 0 Å². The number of benzene rings is 1. The highest BCUT2D eigenvalue weighted by atomic mass is 16.3. The second-order valence-corrected chi connectivity index (χ2v) is 5.29. The number of aliphatic hydroxyl groups is 1. The number of aromatic nitrogens is 2. The van der Waals surface area contributed by atoms with E-state index in [1.54, 1.807) is 0 Å². The van der Waals surface area contributed by atoms with Crippen LogP contribution in [0, 0.1) is 5.92 Å². The predicted molar refractivity (Wildman–Crippen MR) is 76.2 cm³/mol. The molecule has 1 aromatic carbocycles. The Kier molecular flexibility index (Phi) is 3.34. The van der Waals surface area contributed by atoms with Gasteiger partial charge in [0.05, 0.1) is 11.6 Å². The number of fused-ring (bicyclic) bond motifs is 1. The van der Waals surface area contributed by atoms with Crippen LogP contribution in [0.5, 0.6) is 0 Å². The van der Waals surface area contributed by atoms with Crippen molar-refractivity contribution in [2.75, 3.05) is 18.0 Å². The number of hydrogen-bond donors (Lipinski definition) is 1. The number of para-hydroxylation sites is 1. The molecule has 4 heteroatoms. The van der Waals surface area contributed by atoms with Gasteiger partial charge in [-0.2, -0.15) is 0 Å². The van der Waals surface area contributed by atoms with E-state index < -0.39 is 0 Å². The lowest BCUT2D eigenvalue weighted by Crippen LogP contribution is -2.37. The Labute approximate surface area is 113 Å². The minimum absolute atomic E-state index is 0.209. The summed E-state index contributed by atoms with van der Waals surface area (Å²) in [4.78, 5) is 11.3. The SMILES string of the molecule is CC(O)C1CCN(c2ncc3ccccc3n2)CC1. The van der Waals surface area contributed by atoms with Gasteiger partial charge in [-0.25, -0.2) is 9.97 Å². The largest absolute Gasteiger partial charge is 0.393 e. The zero-order chi connectivity index (χ0) is 13.2. The smallest absolute Gasteiger partial charge is 0.225 e. The average Bonchev–Trinajstić information content (AvgIpc) is 2.47. The number of nitrogens with zero attached hydrogens (tertiary/aromatic N) is 3. The minimum atomic E-state index is -0.209. The van der Waals surface area contributed by atoms with Gasteiger partial charge in [-0.1, -0.05) is 18.2 Å². The molecule has 0 spiro atoms. The van der Waals surface area contributed by atoms with Crippen molar-refractivity contribution < 1.29 is 5.11 Å². The molecule has 0 aliphatic carbocycles. The number of anilines is 1. The molecule has 0 saturated carbocycles. The first-order chi connectivity index (χ1) is 9.24. The van der Waals surface area contributed by atoms with E-state index in [0.29, 0.717) is 5.92 Å². The highest BCUT2D eigenvalue weighted by molar-refractivity contribution is 5.78. The monoisotopic (exact) mass is 257 g/mol. The van der Waals surface area contributed by atoms with Crippen LogP contribution in [-0.2, 0) is 0 Å². The standard InChI is InChI=1S/C15H19N3O/c1-11(19)12-6-8-18(9-7-12)15-16-10-13-4-2-3-5-14(13)17-15/h2-5,10-12,19H,6-9H2,1H3. The van der Waals surface area contributed by atoms with Crippen molar-refractivity contribution in [2.45, 2.75) is 25.9 Å². The Morgan fingerprint density at radius 3 is 2.74 bits per heavy atom. The second kappa shape index (κ2) is 5.13. The molecule has 2 heterocycles. The zero-order valence-electron chi connectivity index (χ0n) is 11.2. The van der Waals surface area contributed by atoms with Gasteiger partial charge in [0.2, 0.25) is 5.95 Å². The van der Waals surface area contributed by atoms with Crippen LogP contribution >= 0.6 is 0 Å². The first-order valence-corrected chi connectivity index (χ1v) is 6.89. The van der Waals surface area contributed by atoms with E-state index in [1.165, 1.54) is 0 Å². The molecular formula is C15H19N3O. The van der Waals surface area contributed by atoms with Crippen LogP contribution in [-0.4, -0.2) is 34.3 Å². The Balaban J connectivity index is 1.78. The minimum Gasteiger partial charge on any atom is -0.393 e. The third-order valence-electron chi connectivity index (χ3n) is 3.98. The van der Waals surface area contributed by atoms with E-state index in [0.717, 1.165) is 42.8 Å². The summed E-state index contributed by atoms with van der Waals surface area (Å²) >= 11 is 0. The molecule has 1 unspecified atom stereocenters. The molecule has 1 atom stereocenters. The van der Waals surface area contributed by atoms with Gasteiger partial charge in [-0.05, 0) is 31.7 Å². The maximum absolute atomic E-state index is 9.63. The van der Waals surface area contributed by atoms with Crippen LogP contribution in [0.25, 0.3) is 10.9 Å². The molecule has 19 heavy (non-hydrogen) atoms. The van der Waals surface area contributed by atoms with Crippen molar-refractivity contribution in [1.82, 2.24) is 9.97 Å². The van der Waals surface area contributed by atoms with Gasteiger partial charge in [0.1, 0.15) is 0 Å². The van der Waals surface area contributed by atoms with Gasteiger partial charge in [0, 0.05) is 24.7 Å². The number of piperidine rings is 1. The van der Waals surface area contributed by atoms with Crippen LogP contribution in [0.4, 0.5) is 5.95 Å². The number of rotatable bonds is 2. The topological polar surface area (TPSA) is 49.2 Å². The molecular weight excluding hydrogens is 238 g/mol. The Bertz CT molecular complexity index is 562. The van der Waals surface area contributed by atoms with Crippen molar-refractivity contribution in [3.8, 4) is 0 Å². The zero-order valence-corrected chi connectivity index (χ0v) is 11.2. The van der Waals surface area contributed by atoms with Gasteiger partial charge in [-0.15, -0.1) is 0 Å². The lowest BCUT2D eigenvalue weighted by Gasteiger charge is -2.33. The maximum Gasteiger partial charge on any atom is 0.225 e. The molecule has 4 nitrogen and oxygen atoms in total. The molecule has 1 aliphatic rings. The quantitative estimate of drug-likeness (QED) is 0.896. The third-order valence-corrected chi connectivity index (χ3v) is 3.98. The average molecular weight is 257 g/mol. The van der Waals surface area contributed by atoms with Crippen LogP contribution < -0.4 is 4.90 Å². The van der Waals surface area contributed by atoms with Crippen molar-refractivity contribution in [1.29, 1.82) is 0 Å². The van der Waals surface area contributed by atoms with E-state index in [9.17, 15) is 5.11 Å². The van der Waals surface area contributed by atoms with Crippen molar-refractivity contribution >= 4 is 16.9 Å². The van der Waals surface area contributed by atoms with E-state index in [1.807, 2.05) is 37.4 Å². The summed E-state index contributed by atoms with van der Waals surface area (Å²) in [5.74, 6) is 1.22. The molecule has 1 aromatic heterocycles. The molecule has 0 radical (unpaired) electrons. The van der Waals surface area contributed by atoms with Gasteiger partial charge in [-0.3, -0.25) is 0 Å². The molecule has 3 rings (SSSR count). The highest BCUT2D eigenvalue weighted by Crippen LogP contribution is 2.24. The summed E-state index contributed by atoms with van der Waals surface area (Å²) in [7, 11) is 0. The fraction of sp³-hybridized carbons (Fsp3) is 0.467. The van der Waals surface area contributed by atoms with Gasteiger partial charge < -0.3 is 10.0 Å². The van der Waals surface area contributed by atoms with Gasteiger partial charge in [0.25, 0.3) is 0 Å². The van der Waals surface area contributed by atoms with E-state index in [4.69, 9.17) is 0 Å². The molecule has 100 valence electrons. The van der Waals surface area contributed by atoms with Crippen LogP contribution in [0.15, 0.2) is 30.5 Å². The van der Waals surface area contributed by atoms with Crippen LogP contribution in [0.1, 0.15) is 19.8 Å². The molecule has 1 fully saturated rings. The predicted octanol–water partition coefficient (Wildman–Crippen LogP) is 2.23. The van der Waals surface area contributed by atoms with Gasteiger partial charge in [0.15, 0.2) is 0 Å². The van der Waals surface area contributed by atoms with E-state index >= 15 is 0 Å². The first-order valence-electron chi connectivity index (χ1n) is 6.89. The summed E-state index contributed by atoms with van der Waals surface area (Å²) in [6.07, 6.45) is 3.69. The van der Waals surface area contributed by atoms with Crippen molar-refractivity contribution in [3.63, 3.8) is 0 Å². The fourth-order valence-electron chi connectivity index (χ4n) is 2.70. The fourth-order valence-corrected chi connectivity index (χ4v) is 2.70. The van der Waals surface area contributed by atoms with Crippen molar-refractivity contribution in [3.05, 3.63) is 30.5 Å². The number of aliphatic hydroxyl groups excluding tert-OH is 1. The van der Waals surface area contributed by atoms with E-state index in [2.05, 4.69) is 14.9 Å². The second-order valence-electron chi connectivity index (χ2n) is 5.29. The summed E-state index contributed by atoms with van der Waals surface area (Å²) in [5, 5.41) is 10.7. The summed E-state index contributed by atoms with van der Waals surface area (Å²) < 4.78 is 0. The Morgan fingerprint density at radius 1 is 1.26 bits per heavy atom.